The van der Waals surface area contributed by atoms with E-state index in [0.29, 0.717) is 50.9 Å². The Labute approximate surface area is 159 Å². The fourth-order valence-electron chi connectivity index (χ4n) is 3.76. The second-order valence-electron chi connectivity index (χ2n) is 7.02. The fourth-order valence-corrected chi connectivity index (χ4v) is 5.20. The van der Waals surface area contributed by atoms with Crippen LogP contribution in [-0.4, -0.2) is 62.9 Å². The number of hydrogen-bond donors (Lipinski definition) is 0. The lowest BCUT2D eigenvalue weighted by molar-refractivity contribution is -0.137. The lowest BCUT2D eigenvalue weighted by Crippen LogP contribution is -2.51. The van der Waals surface area contributed by atoms with Crippen molar-refractivity contribution < 1.29 is 22.7 Å². The van der Waals surface area contributed by atoms with Crippen molar-refractivity contribution >= 4 is 15.9 Å². The fraction of sp³-hybridized carbons (Fsp3) is 0.526. The predicted octanol–water partition coefficient (Wildman–Crippen LogP) is 1.65. The summed E-state index contributed by atoms with van der Waals surface area (Å²) in [4.78, 5) is 14.6. The van der Waals surface area contributed by atoms with Crippen molar-refractivity contribution in [3.05, 3.63) is 30.4 Å². The van der Waals surface area contributed by atoms with E-state index in [1.54, 1.807) is 17.0 Å². The molecule has 1 aliphatic carbocycles. The topological polar surface area (TPSA) is 76.2 Å². The molecule has 2 heterocycles. The number of fused-ring (bicyclic) bond motifs is 1. The summed E-state index contributed by atoms with van der Waals surface area (Å²) in [5.41, 5.74) is 0. The summed E-state index contributed by atoms with van der Waals surface area (Å²) < 4.78 is 38.3. The maximum absolute atomic E-state index is 13.0. The molecule has 146 valence electrons. The first kappa shape index (κ1) is 18.3. The molecule has 0 saturated carbocycles. The van der Waals surface area contributed by atoms with Crippen molar-refractivity contribution in [2.45, 2.75) is 24.2 Å². The third-order valence-electron chi connectivity index (χ3n) is 5.32. The molecule has 0 bridgehead atoms. The third-order valence-corrected chi connectivity index (χ3v) is 7.21. The zero-order valence-corrected chi connectivity index (χ0v) is 16.0. The number of benzene rings is 1. The van der Waals surface area contributed by atoms with E-state index < -0.39 is 10.0 Å². The Balaban J connectivity index is 1.42. The van der Waals surface area contributed by atoms with E-state index in [1.165, 1.54) is 10.4 Å². The van der Waals surface area contributed by atoms with Gasteiger partial charge in [-0.3, -0.25) is 4.79 Å². The van der Waals surface area contributed by atoms with Crippen LogP contribution in [0.2, 0.25) is 0 Å². The predicted molar refractivity (Wildman–Crippen MR) is 99.3 cm³/mol. The summed E-state index contributed by atoms with van der Waals surface area (Å²) in [6.45, 7) is 2.36. The average Bonchev–Trinajstić information content (AvgIpc) is 2.73. The van der Waals surface area contributed by atoms with E-state index in [9.17, 15) is 13.2 Å². The summed E-state index contributed by atoms with van der Waals surface area (Å²) in [5.74, 6) is 1.21. The van der Waals surface area contributed by atoms with Gasteiger partial charge in [-0.1, -0.05) is 12.2 Å². The highest BCUT2D eigenvalue weighted by molar-refractivity contribution is 7.89. The van der Waals surface area contributed by atoms with Gasteiger partial charge in [0.2, 0.25) is 15.9 Å². The molecule has 2 aliphatic heterocycles. The van der Waals surface area contributed by atoms with Crippen LogP contribution in [0, 0.1) is 5.92 Å². The molecule has 0 spiro atoms. The smallest absolute Gasteiger partial charge is 0.243 e. The molecule has 0 N–H and O–H groups in total. The van der Waals surface area contributed by atoms with Gasteiger partial charge in [0, 0.05) is 38.2 Å². The largest absolute Gasteiger partial charge is 0.486 e. The second kappa shape index (κ2) is 7.52. The number of rotatable bonds is 3. The maximum atomic E-state index is 13.0. The first-order valence-electron chi connectivity index (χ1n) is 9.39. The zero-order valence-electron chi connectivity index (χ0n) is 15.2. The van der Waals surface area contributed by atoms with Gasteiger partial charge < -0.3 is 14.4 Å². The van der Waals surface area contributed by atoms with E-state index >= 15 is 0 Å². The normalized spacial score (nSPS) is 23.3. The van der Waals surface area contributed by atoms with Crippen LogP contribution in [-0.2, 0) is 14.8 Å². The molecule has 0 aromatic heterocycles. The molecule has 1 amide bonds. The molecule has 27 heavy (non-hydrogen) atoms. The molecule has 0 radical (unpaired) electrons. The van der Waals surface area contributed by atoms with Gasteiger partial charge in [-0.25, -0.2) is 8.42 Å². The summed E-state index contributed by atoms with van der Waals surface area (Å²) in [6.07, 6.45) is 6.78. The SMILES string of the molecule is O=C(C1CC=CCC1)N1CCN(S(=O)(=O)c2ccc3c(c2)OCCO3)CC1. The van der Waals surface area contributed by atoms with Crippen LogP contribution in [0.25, 0.3) is 0 Å². The van der Waals surface area contributed by atoms with Crippen molar-refractivity contribution in [2.75, 3.05) is 39.4 Å². The highest BCUT2D eigenvalue weighted by Gasteiger charge is 2.33. The Morgan fingerprint density at radius 1 is 1.00 bits per heavy atom. The van der Waals surface area contributed by atoms with E-state index in [1.807, 2.05) is 0 Å². The monoisotopic (exact) mass is 392 g/mol. The minimum absolute atomic E-state index is 0.0379. The summed E-state index contributed by atoms with van der Waals surface area (Å²) in [6, 6.07) is 4.71. The highest BCUT2D eigenvalue weighted by Crippen LogP contribution is 2.33. The number of ether oxygens (including phenoxy) is 2. The maximum Gasteiger partial charge on any atom is 0.243 e. The summed E-state index contributed by atoms with van der Waals surface area (Å²) in [5, 5.41) is 0. The Morgan fingerprint density at radius 2 is 1.74 bits per heavy atom. The van der Waals surface area contributed by atoms with Crippen LogP contribution in [0.5, 0.6) is 11.5 Å². The molecule has 1 fully saturated rings. The molecule has 1 aromatic rings. The van der Waals surface area contributed by atoms with Gasteiger partial charge in [0.1, 0.15) is 13.2 Å². The average molecular weight is 392 g/mol. The van der Waals surface area contributed by atoms with Crippen LogP contribution in [0.3, 0.4) is 0 Å². The molecule has 4 rings (SSSR count). The Hall–Kier alpha value is -2.06. The van der Waals surface area contributed by atoms with Gasteiger partial charge in [0.15, 0.2) is 11.5 Å². The lowest BCUT2D eigenvalue weighted by Gasteiger charge is -2.36. The van der Waals surface area contributed by atoms with Crippen molar-refractivity contribution in [3.63, 3.8) is 0 Å². The molecule has 1 atom stereocenters. The Bertz CT molecular complexity index is 844. The summed E-state index contributed by atoms with van der Waals surface area (Å²) in [7, 11) is -3.62. The minimum Gasteiger partial charge on any atom is -0.486 e. The number of amides is 1. The summed E-state index contributed by atoms with van der Waals surface area (Å²) >= 11 is 0. The number of allylic oxidation sites excluding steroid dienone is 2. The lowest BCUT2D eigenvalue weighted by atomic mass is 9.93. The van der Waals surface area contributed by atoms with E-state index in [2.05, 4.69) is 12.2 Å². The van der Waals surface area contributed by atoms with Crippen LogP contribution in [0.1, 0.15) is 19.3 Å². The van der Waals surface area contributed by atoms with Crippen molar-refractivity contribution in [1.29, 1.82) is 0 Å². The number of sulfonamides is 1. The molecule has 7 nitrogen and oxygen atoms in total. The van der Waals surface area contributed by atoms with Gasteiger partial charge in [-0.05, 0) is 31.4 Å². The number of piperazine rings is 1. The standard InChI is InChI=1S/C19H24N2O5S/c22-19(15-4-2-1-3-5-15)20-8-10-21(11-9-20)27(23,24)16-6-7-17-18(14-16)26-13-12-25-17/h1-2,6-7,14-15H,3-5,8-13H2. The van der Waals surface area contributed by atoms with Gasteiger partial charge in [-0.2, -0.15) is 4.31 Å². The Morgan fingerprint density at radius 3 is 2.44 bits per heavy atom. The van der Waals surface area contributed by atoms with E-state index in [4.69, 9.17) is 9.47 Å². The van der Waals surface area contributed by atoms with Crippen molar-refractivity contribution in [1.82, 2.24) is 9.21 Å². The number of hydrogen-bond acceptors (Lipinski definition) is 5. The highest BCUT2D eigenvalue weighted by atomic mass is 32.2. The molecular formula is C19H24N2O5S. The van der Waals surface area contributed by atoms with Crippen LogP contribution >= 0.6 is 0 Å². The van der Waals surface area contributed by atoms with Gasteiger partial charge in [-0.15, -0.1) is 0 Å². The van der Waals surface area contributed by atoms with Crippen LogP contribution in [0.15, 0.2) is 35.2 Å². The minimum atomic E-state index is -3.62. The van der Waals surface area contributed by atoms with Crippen molar-refractivity contribution in [3.8, 4) is 11.5 Å². The molecule has 8 heteroatoms. The Kier molecular flexibility index (Phi) is 5.10. The zero-order chi connectivity index (χ0) is 18.9. The van der Waals surface area contributed by atoms with Crippen molar-refractivity contribution in [2.24, 2.45) is 5.92 Å². The van der Waals surface area contributed by atoms with Crippen LogP contribution in [0.4, 0.5) is 0 Å². The molecule has 3 aliphatic rings. The van der Waals surface area contributed by atoms with Gasteiger partial charge in [0.05, 0.1) is 4.90 Å². The molecule has 1 saturated heterocycles. The first-order chi connectivity index (χ1) is 13.1. The number of nitrogens with zero attached hydrogens (tertiary/aromatic N) is 2. The quantitative estimate of drug-likeness (QED) is 0.731. The van der Waals surface area contributed by atoms with E-state index in [0.717, 1.165) is 19.3 Å². The van der Waals surface area contributed by atoms with Crippen LogP contribution < -0.4 is 9.47 Å². The first-order valence-corrected chi connectivity index (χ1v) is 10.8. The van der Waals surface area contributed by atoms with Gasteiger partial charge in [0.25, 0.3) is 0 Å². The number of carbonyl (C=O) groups is 1. The molecular weight excluding hydrogens is 368 g/mol. The van der Waals surface area contributed by atoms with E-state index in [-0.39, 0.29) is 16.7 Å². The third kappa shape index (κ3) is 3.68. The molecule has 1 aromatic carbocycles. The number of carbonyl (C=O) groups excluding carboxylic acids is 1. The second-order valence-corrected chi connectivity index (χ2v) is 8.95. The molecule has 1 unspecified atom stereocenters. The van der Waals surface area contributed by atoms with Gasteiger partial charge >= 0.3 is 0 Å².